The lowest BCUT2D eigenvalue weighted by Gasteiger charge is -2.28. The highest BCUT2D eigenvalue weighted by Gasteiger charge is 2.25. The molecule has 0 saturated carbocycles. The Labute approximate surface area is 157 Å². The number of hydrogen-bond acceptors (Lipinski definition) is 3. The van der Waals surface area contributed by atoms with Gasteiger partial charge in [-0.05, 0) is 42.5 Å². The average Bonchev–Trinajstić information content (AvgIpc) is 2.61. The van der Waals surface area contributed by atoms with Crippen molar-refractivity contribution >= 4 is 21.6 Å². The fraction of sp³-hybridized carbons (Fsp3) is 0.316. The van der Waals surface area contributed by atoms with Crippen LogP contribution in [0.1, 0.15) is 30.0 Å². The highest BCUT2D eigenvalue weighted by molar-refractivity contribution is 7.92. The van der Waals surface area contributed by atoms with E-state index in [1.807, 2.05) is 24.3 Å². The minimum absolute atomic E-state index is 0.101. The Morgan fingerprint density at radius 3 is 2.63 bits per heavy atom. The van der Waals surface area contributed by atoms with Gasteiger partial charge in [-0.1, -0.05) is 24.3 Å². The molecule has 144 valence electrons. The highest BCUT2D eigenvalue weighted by atomic mass is 32.2. The van der Waals surface area contributed by atoms with Gasteiger partial charge in [0.1, 0.15) is 6.54 Å². The minimum atomic E-state index is -3.86. The van der Waals surface area contributed by atoms with Crippen molar-refractivity contribution in [3.05, 3.63) is 65.2 Å². The predicted molar refractivity (Wildman–Crippen MR) is 98.8 cm³/mol. The summed E-state index contributed by atoms with van der Waals surface area (Å²) in [5, 5.41) is 2.86. The second-order valence-corrected chi connectivity index (χ2v) is 8.49. The molecule has 1 amide bonds. The second-order valence-electron chi connectivity index (χ2n) is 6.58. The number of rotatable bonds is 5. The largest absolute Gasteiger partial charge is 0.348 e. The number of nitrogens with zero attached hydrogens (tertiary/aromatic N) is 1. The van der Waals surface area contributed by atoms with Crippen molar-refractivity contribution in [3.63, 3.8) is 0 Å². The molecule has 27 heavy (non-hydrogen) atoms. The summed E-state index contributed by atoms with van der Waals surface area (Å²) in [5.74, 6) is -2.77. The number of fused-ring (bicyclic) bond motifs is 1. The summed E-state index contributed by atoms with van der Waals surface area (Å²) >= 11 is 0. The lowest BCUT2D eigenvalue weighted by atomic mass is 9.88. The monoisotopic (exact) mass is 394 g/mol. The van der Waals surface area contributed by atoms with Crippen LogP contribution in [-0.4, -0.2) is 27.1 Å². The number of nitrogens with one attached hydrogen (secondary N) is 1. The Balaban J connectivity index is 1.79. The molecule has 1 aliphatic carbocycles. The average molecular weight is 394 g/mol. The molecule has 0 fully saturated rings. The third-order valence-electron chi connectivity index (χ3n) is 4.58. The number of amides is 1. The number of anilines is 1. The highest BCUT2D eigenvalue weighted by Crippen LogP contribution is 2.29. The Morgan fingerprint density at radius 1 is 1.19 bits per heavy atom. The van der Waals surface area contributed by atoms with E-state index in [4.69, 9.17) is 0 Å². The molecule has 0 saturated heterocycles. The number of halogens is 2. The molecule has 0 heterocycles. The van der Waals surface area contributed by atoms with Crippen LogP contribution in [0.4, 0.5) is 14.5 Å². The number of carbonyl (C=O) groups excluding carboxylic acids is 1. The van der Waals surface area contributed by atoms with E-state index in [-0.39, 0.29) is 11.7 Å². The van der Waals surface area contributed by atoms with Crippen LogP contribution in [0, 0.1) is 11.6 Å². The Morgan fingerprint density at radius 2 is 1.93 bits per heavy atom. The molecule has 0 radical (unpaired) electrons. The number of carbonyl (C=O) groups is 1. The number of aryl methyl sites for hydroxylation is 1. The van der Waals surface area contributed by atoms with Gasteiger partial charge in [-0.25, -0.2) is 17.2 Å². The summed E-state index contributed by atoms with van der Waals surface area (Å²) in [4.78, 5) is 12.5. The van der Waals surface area contributed by atoms with Crippen LogP contribution >= 0.6 is 0 Å². The van der Waals surface area contributed by atoms with Gasteiger partial charge in [-0.2, -0.15) is 0 Å². The van der Waals surface area contributed by atoms with Crippen molar-refractivity contribution in [1.29, 1.82) is 0 Å². The molecule has 0 aliphatic heterocycles. The predicted octanol–water partition coefficient (Wildman–Crippen LogP) is 2.92. The van der Waals surface area contributed by atoms with Gasteiger partial charge in [0.15, 0.2) is 11.6 Å². The van der Waals surface area contributed by atoms with Crippen LogP contribution in [-0.2, 0) is 21.2 Å². The van der Waals surface area contributed by atoms with E-state index in [1.165, 1.54) is 0 Å². The van der Waals surface area contributed by atoms with E-state index in [0.29, 0.717) is 0 Å². The minimum Gasteiger partial charge on any atom is -0.348 e. The van der Waals surface area contributed by atoms with E-state index in [2.05, 4.69) is 5.32 Å². The molecule has 8 heteroatoms. The first-order chi connectivity index (χ1) is 12.8. The Kier molecular flexibility index (Phi) is 5.46. The van der Waals surface area contributed by atoms with Crippen molar-refractivity contribution in [2.75, 3.05) is 17.1 Å². The topological polar surface area (TPSA) is 66.5 Å². The van der Waals surface area contributed by atoms with E-state index in [9.17, 15) is 22.0 Å². The van der Waals surface area contributed by atoms with Gasteiger partial charge in [0.25, 0.3) is 0 Å². The van der Waals surface area contributed by atoms with Gasteiger partial charge >= 0.3 is 0 Å². The van der Waals surface area contributed by atoms with E-state index < -0.39 is 34.1 Å². The van der Waals surface area contributed by atoms with Gasteiger partial charge in [0.05, 0.1) is 18.0 Å². The Hall–Kier alpha value is -2.48. The van der Waals surface area contributed by atoms with Crippen molar-refractivity contribution < 1.29 is 22.0 Å². The normalized spacial score (nSPS) is 16.5. The van der Waals surface area contributed by atoms with E-state index in [1.54, 1.807) is 0 Å². The first kappa shape index (κ1) is 19.3. The standard InChI is InChI=1S/C19H20F2N2O3S/c1-27(25,26)23(14-9-10-16(20)17(21)11-14)12-19(24)22-18-8-4-6-13-5-2-3-7-15(13)18/h2-3,5,7,9-11,18H,4,6,8,12H2,1H3,(H,22,24)/t18-/m1/s1. The van der Waals surface area contributed by atoms with Crippen LogP contribution in [0.5, 0.6) is 0 Å². The van der Waals surface area contributed by atoms with Crippen molar-refractivity contribution in [1.82, 2.24) is 5.32 Å². The SMILES string of the molecule is CS(=O)(=O)N(CC(=O)N[C@@H]1CCCc2ccccc21)c1ccc(F)c(F)c1. The van der Waals surface area contributed by atoms with Gasteiger partial charge in [0.2, 0.25) is 15.9 Å². The summed E-state index contributed by atoms with van der Waals surface area (Å²) in [6.45, 7) is -0.511. The zero-order valence-electron chi connectivity index (χ0n) is 14.8. The first-order valence-corrected chi connectivity index (χ1v) is 10.4. The zero-order chi connectivity index (χ0) is 19.6. The van der Waals surface area contributed by atoms with Crippen LogP contribution in [0.2, 0.25) is 0 Å². The molecule has 0 aromatic heterocycles. The molecule has 1 aliphatic rings. The molecule has 0 spiro atoms. The third-order valence-corrected chi connectivity index (χ3v) is 5.72. The van der Waals surface area contributed by atoms with Crippen LogP contribution in [0.15, 0.2) is 42.5 Å². The summed E-state index contributed by atoms with van der Waals surface area (Å²) < 4.78 is 51.6. The second kappa shape index (κ2) is 7.64. The molecule has 2 aromatic carbocycles. The molecule has 5 nitrogen and oxygen atoms in total. The Bertz CT molecular complexity index is 963. The lowest BCUT2D eigenvalue weighted by molar-refractivity contribution is -0.120. The molecular weight excluding hydrogens is 374 g/mol. The maximum atomic E-state index is 13.5. The van der Waals surface area contributed by atoms with Crippen molar-refractivity contribution in [3.8, 4) is 0 Å². The maximum absolute atomic E-state index is 13.5. The summed E-state index contributed by atoms with van der Waals surface area (Å²) in [6, 6.07) is 10.3. The van der Waals surface area contributed by atoms with E-state index >= 15 is 0 Å². The smallest absolute Gasteiger partial charge is 0.241 e. The number of hydrogen-bond donors (Lipinski definition) is 1. The molecule has 1 atom stereocenters. The molecular formula is C19H20F2N2O3S. The van der Waals surface area contributed by atoms with Gasteiger partial charge in [0, 0.05) is 6.07 Å². The molecule has 3 rings (SSSR count). The number of sulfonamides is 1. The summed E-state index contributed by atoms with van der Waals surface area (Å²) in [7, 11) is -3.86. The van der Waals surface area contributed by atoms with Crippen LogP contribution in [0.3, 0.4) is 0 Å². The summed E-state index contributed by atoms with van der Waals surface area (Å²) in [5.41, 5.74) is 2.08. The molecule has 2 aromatic rings. The molecule has 0 unspecified atom stereocenters. The molecule has 0 bridgehead atoms. The maximum Gasteiger partial charge on any atom is 0.241 e. The lowest BCUT2D eigenvalue weighted by Crippen LogP contribution is -2.42. The van der Waals surface area contributed by atoms with Gasteiger partial charge in [-0.3, -0.25) is 9.10 Å². The number of benzene rings is 2. The van der Waals surface area contributed by atoms with Crippen molar-refractivity contribution in [2.45, 2.75) is 25.3 Å². The first-order valence-electron chi connectivity index (χ1n) is 8.55. The summed E-state index contributed by atoms with van der Waals surface area (Å²) in [6.07, 6.45) is 3.53. The fourth-order valence-corrected chi connectivity index (χ4v) is 4.16. The van der Waals surface area contributed by atoms with E-state index in [0.717, 1.165) is 59.1 Å². The van der Waals surface area contributed by atoms with Gasteiger partial charge in [-0.15, -0.1) is 0 Å². The zero-order valence-corrected chi connectivity index (χ0v) is 15.6. The third kappa shape index (κ3) is 4.44. The van der Waals surface area contributed by atoms with Gasteiger partial charge < -0.3 is 5.32 Å². The van der Waals surface area contributed by atoms with Crippen LogP contribution in [0.25, 0.3) is 0 Å². The fourth-order valence-electron chi connectivity index (χ4n) is 3.31. The van der Waals surface area contributed by atoms with Crippen LogP contribution < -0.4 is 9.62 Å². The van der Waals surface area contributed by atoms with Crippen molar-refractivity contribution in [2.24, 2.45) is 0 Å². The quantitative estimate of drug-likeness (QED) is 0.848. The molecule has 1 N–H and O–H groups in total.